The molecular weight excluding hydrogens is 280 g/mol. The number of ether oxygens (including phenoxy) is 3. The second kappa shape index (κ2) is 5.32. The van der Waals surface area contributed by atoms with Crippen LogP contribution in [-0.2, 0) is 18.5 Å². The summed E-state index contributed by atoms with van der Waals surface area (Å²) in [5, 5.41) is 0. The summed E-state index contributed by atoms with van der Waals surface area (Å²) in [7, 11) is 3.81. The number of likely N-dealkylation sites (N-methyl/N-ethyl adjacent to an activating group) is 1. The molecule has 0 amide bonds. The molecule has 2 aliphatic rings. The quantitative estimate of drug-likeness (QED) is 0.928. The first kappa shape index (κ1) is 15.4. The number of hydrogen-bond acceptors (Lipinski definition) is 5. The van der Waals surface area contributed by atoms with E-state index in [2.05, 4.69) is 32.7 Å². The summed E-state index contributed by atoms with van der Waals surface area (Å²) in [5.41, 5.74) is 9.81. The standard InChI is InChI=1S/C17H26N2O3/c1-10(2)17(3,18)13-11-6-7-19(4)8-12(11)14(20-5)16-15(13)21-9-22-16/h10H,6-9,18H2,1-5H3/t17-/m0/s1. The van der Waals surface area contributed by atoms with Crippen molar-refractivity contribution in [3.63, 3.8) is 0 Å². The molecule has 0 spiro atoms. The van der Waals surface area contributed by atoms with Gasteiger partial charge in [0.1, 0.15) is 0 Å². The van der Waals surface area contributed by atoms with Crippen LogP contribution in [0, 0.1) is 5.92 Å². The smallest absolute Gasteiger partial charge is 0.231 e. The Morgan fingerprint density at radius 3 is 2.55 bits per heavy atom. The van der Waals surface area contributed by atoms with Crippen molar-refractivity contribution in [1.29, 1.82) is 0 Å². The molecule has 2 heterocycles. The van der Waals surface area contributed by atoms with E-state index >= 15 is 0 Å². The molecule has 0 fully saturated rings. The van der Waals surface area contributed by atoms with E-state index in [0.29, 0.717) is 5.75 Å². The Morgan fingerprint density at radius 1 is 1.23 bits per heavy atom. The van der Waals surface area contributed by atoms with Crippen molar-refractivity contribution in [1.82, 2.24) is 4.90 Å². The number of rotatable bonds is 3. The Morgan fingerprint density at radius 2 is 1.91 bits per heavy atom. The molecule has 3 rings (SSSR count). The maximum atomic E-state index is 6.71. The number of methoxy groups -OCH3 is 1. The highest BCUT2D eigenvalue weighted by Gasteiger charge is 2.40. The molecule has 0 saturated heterocycles. The fourth-order valence-corrected chi connectivity index (χ4v) is 3.36. The highest BCUT2D eigenvalue weighted by molar-refractivity contribution is 5.67. The number of nitrogens with two attached hydrogens (primary N) is 1. The van der Waals surface area contributed by atoms with E-state index in [0.717, 1.165) is 36.6 Å². The molecule has 1 aromatic rings. The molecule has 1 aromatic carbocycles. The molecule has 0 aliphatic carbocycles. The minimum atomic E-state index is -0.468. The number of fused-ring (bicyclic) bond motifs is 2. The summed E-state index contributed by atoms with van der Waals surface area (Å²) >= 11 is 0. The van der Waals surface area contributed by atoms with Crippen molar-refractivity contribution < 1.29 is 14.2 Å². The maximum absolute atomic E-state index is 6.71. The lowest BCUT2D eigenvalue weighted by Gasteiger charge is -2.37. The average Bonchev–Trinajstić information content (AvgIpc) is 2.92. The summed E-state index contributed by atoms with van der Waals surface area (Å²) in [6, 6.07) is 0. The fourth-order valence-electron chi connectivity index (χ4n) is 3.36. The maximum Gasteiger partial charge on any atom is 0.231 e. The molecular formula is C17H26N2O3. The average molecular weight is 306 g/mol. The van der Waals surface area contributed by atoms with Crippen LogP contribution in [0.25, 0.3) is 0 Å². The molecule has 0 saturated carbocycles. The normalized spacial score (nSPS) is 20.0. The van der Waals surface area contributed by atoms with Gasteiger partial charge < -0.3 is 24.8 Å². The predicted octanol–water partition coefficient (Wildman–Crippen LogP) is 2.24. The van der Waals surface area contributed by atoms with Gasteiger partial charge in [0.15, 0.2) is 11.5 Å². The highest BCUT2D eigenvalue weighted by Crippen LogP contribution is 2.53. The van der Waals surface area contributed by atoms with Crippen molar-refractivity contribution in [3.8, 4) is 17.2 Å². The molecule has 2 aliphatic heterocycles. The van der Waals surface area contributed by atoms with Crippen molar-refractivity contribution in [2.24, 2.45) is 11.7 Å². The molecule has 5 nitrogen and oxygen atoms in total. The van der Waals surface area contributed by atoms with E-state index in [4.69, 9.17) is 19.9 Å². The van der Waals surface area contributed by atoms with Gasteiger partial charge in [-0.05, 0) is 31.9 Å². The van der Waals surface area contributed by atoms with E-state index in [1.165, 1.54) is 11.1 Å². The summed E-state index contributed by atoms with van der Waals surface area (Å²) in [4.78, 5) is 2.29. The third-order valence-corrected chi connectivity index (χ3v) is 5.10. The van der Waals surface area contributed by atoms with Gasteiger partial charge in [0, 0.05) is 29.8 Å². The van der Waals surface area contributed by atoms with Crippen LogP contribution >= 0.6 is 0 Å². The van der Waals surface area contributed by atoms with Crippen LogP contribution < -0.4 is 19.9 Å². The Labute approximate surface area is 132 Å². The van der Waals surface area contributed by atoms with E-state index in [-0.39, 0.29) is 12.7 Å². The molecule has 1 atom stereocenters. The van der Waals surface area contributed by atoms with Gasteiger partial charge in [0.05, 0.1) is 7.11 Å². The van der Waals surface area contributed by atoms with Gasteiger partial charge >= 0.3 is 0 Å². The lowest BCUT2D eigenvalue weighted by atomic mass is 9.76. The third-order valence-electron chi connectivity index (χ3n) is 5.10. The molecule has 0 radical (unpaired) electrons. The largest absolute Gasteiger partial charge is 0.492 e. The molecule has 2 N–H and O–H groups in total. The summed E-state index contributed by atoms with van der Waals surface area (Å²) in [5.74, 6) is 2.58. The minimum absolute atomic E-state index is 0.228. The molecule has 122 valence electrons. The first-order valence-corrected chi connectivity index (χ1v) is 7.87. The zero-order valence-corrected chi connectivity index (χ0v) is 14.2. The molecule has 0 unspecified atom stereocenters. The van der Waals surface area contributed by atoms with Crippen LogP contribution in [0.2, 0.25) is 0 Å². The van der Waals surface area contributed by atoms with Crippen molar-refractivity contribution in [2.45, 2.75) is 39.3 Å². The number of benzene rings is 1. The molecule has 0 aromatic heterocycles. The Bertz CT molecular complexity index is 596. The van der Waals surface area contributed by atoms with Gasteiger partial charge in [-0.2, -0.15) is 0 Å². The van der Waals surface area contributed by atoms with Gasteiger partial charge in [0.25, 0.3) is 0 Å². The van der Waals surface area contributed by atoms with Crippen LogP contribution in [-0.4, -0.2) is 32.4 Å². The van der Waals surface area contributed by atoms with Crippen LogP contribution in [0.15, 0.2) is 0 Å². The van der Waals surface area contributed by atoms with Gasteiger partial charge in [-0.15, -0.1) is 0 Å². The molecule has 5 heteroatoms. The lowest BCUT2D eigenvalue weighted by molar-refractivity contribution is 0.168. The summed E-state index contributed by atoms with van der Waals surface area (Å²) in [6.07, 6.45) is 0.952. The summed E-state index contributed by atoms with van der Waals surface area (Å²) in [6.45, 7) is 8.46. The van der Waals surface area contributed by atoms with Gasteiger partial charge in [0.2, 0.25) is 12.5 Å². The fraction of sp³-hybridized carbons (Fsp3) is 0.647. The third kappa shape index (κ3) is 2.15. The van der Waals surface area contributed by atoms with Crippen molar-refractivity contribution >= 4 is 0 Å². The molecule has 0 bridgehead atoms. The topological polar surface area (TPSA) is 57.0 Å². The highest BCUT2D eigenvalue weighted by atomic mass is 16.7. The van der Waals surface area contributed by atoms with Crippen LogP contribution in [0.3, 0.4) is 0 Å². The number of hydrogen-bond donors (Lipinski definition) is 1. The zero-order chi connectivity index (χ0) is 16.1. The van der Waals surface area contributed by atoms with E-state index in [1.807, 2.05) is 0 Å². The molecule has 22 heavy (non-hydrogen) atoms. The van der Waals surface area contributed by atoms with E-state index in [1.54, 1.807) is 7.11 Å². The summed E-state index contributed by atoms with van der Waals surface area (Å²) < 4.78 is 17.2. The second-order valence-electron chi connectivity index (χ2n) is 6.86. The van der Waals surface area contributed by atoms with Gasteiger partial charge in [-0.3, -0.25) is 0 Å². The number of nitrogens with zero attached hydrogens (tertiary/aromatic N) is 1. The predicted molar refractivity (Wildman–Crippen MR) is 85.5 cm³/mol. The van der Waals surface area contributed by atoms with Crippen LogP contribution in [0.1, 0.15) is 37.5 Å². The first-order chi connectivity index (χ1) is 10.4. The second-order valence-corrected chi connectivity index (χ2v) is 6.86. The van der Waals surface area contributed by atoms with Crippen molar-refractivity contribution in [3.05, 3.63) is 16.7 Å². The monoisotopic (exact) mass is 306 g/mol. The minimum Gasteiger partial charge on any atom is -0.492 e. The van der Waals surface area contributed by atoms with E-state index < -0.39 is 5.54 Å². The van der Waals surface area contributed by atoms with E-state index in [9.17, 15) is 0 Å². The lowest BCUT2D eigenvalue weighted by Crippen LogP contribution is -2.41. The van der Waals surface area contributed by atoms with Crippen LogP contribution in [0.4, 0.5) is 0 Å². The Balaban J connectivity index is 2.31. The van der Waals surface area contributed by atoms with Gasteiger partial charge in [-0.25, -0.2) is 0 Å². The zero-order valence-electron chi connectivity index (χ0n) is 14.2. The first-order valence-electron chi connectivity index (χ1n) is 7.87. The van der Waals surface area contributed by atoms with Gasteiger partial charge in [-0.1, -0.05) is 13.8 Å². The van der Waals surface area contributed by atoms with Crippen molar-refractivity contribution in [2.75, 3.05) is 27.5 Å². The van der Waals surface area contributed by atoms with Crippen LogP contribution in [0.5, 0.6) is 17.2 Å². The SMILES string of the molecule is COc1c2c(c([C@@](C)(N)C(C)C)c3c1OCO3)CCN(C)C2. The Hall–Kier alpha value is -1.46. The Kier molecular flexibility index (Phi) is 3.73.